The smallest absolute Gasteiger partial charge is 0.272 e. The molecular formula is C15H13ClN2O3. The second-order valence-electron chi connectivity index (χ2n) is 4.45. The number of nitro groups is 1. The third-order valence-electron chi connectivity index (χ3n) is 3.16. The van der Waals surface area contributed by atoms with Crippen LogP contribution in [0.1, 0.15) is 17.2 Å². The average molecular weight is 305 g/mol. The molecule has 6 heteroatoms. The highest BCUT2D eigenvalue weighted by Crippen LogP contribution is 2.28. The molecule has 2 rings (SSSR count). The zero-order valence-electron chi connectivity index (χ0n) is 11.0. The first-order valence-electron chi connectivity index (χ1n) is 6.30. The van der Waals surface area contributed by atoms with Crippen LogP contribution >= 0.6 is 11.6 Å². The van der Waals surface area contributed by atoms with Gasteiger partial charge in [-0.05, 0) is 11.6 Å². The van der Waals surface area contributed by atoms with Crippen LogP contribution in [-0.2, 0) is 11.2 Å². The Labute approximate surface area is 126 Å². The Hall–Kier alpha value is -2.40. The van der Waals surface area contributed by atoms with Crippen molar-refractivity contribution in [3.8, 4) is 0 Å². The number of rotatable bonds is 6. The minimum Gasteiger partial charge on any atom is -0.351 e. The van der Waals surface area contributed by atoms with Gasteiger partial charge in [-0.2, -0.15) is 0 Å². The van der Waals surface area contributed by atoms with Crippen LogP contribution in [0.15, 0.2) is 48.5 Å². The molecule has 0 aromatic heterocycles. The number of halogens is 1. The highest BCUT2D eigenvalue weighted by Gasteiger charge is 2.19. The molecule has 0 aliphatic heterocycles. The van der Waals surface area contributed by atoms with E-state index in [4.69, 9.17) is 11.6 Å². The molecule has 2 aromatic rings. The van der Waals surface area contributed by atoms with Crippen molar-refractivity contribution in [3.63, 3.8) is 0 Å². The van der Waals surface area contributed by atoms with Crippen LogP contribution in [0.5, 0.6) is 0 Å². The summed E-state index contributed by atoms with van der Waals surface area (Å²) in [6.07, 6.45) is 0.863. The van der Waals surface area contributed by atoms with Crippen LogP contribution in [-0.4, -0.2) is 11.3 Å². The van der Waals surface area contributed by atoms with E-state index in [0.717, 1.165) is 5.56 Å². The Kier molecular flexibility index (Phi) is 4.90. The van der Waals surface area contributed by atoms with Gasteiger partial charge in [-0.15, -0.1) is 0 Å². The first-order chi connectivity index (χ1) is 10.1. The standard InChI is InChI=1S/C15H13ClN2O3/c16-13-7-3-2-6-12(13)14(17-10-19)9-11-5-1-4-8-15(11)18(20)21/h1-8,10,14H,9H2,(H,17,19)/t14-/m0/s1. The van der Waals surface area contributed by atoms with Gasteiger partial charge in [0.05, 0.1) is 11.0 Å². The number of hydrogen-bond donors (Lipinski definition) is 1. The third-order valence-corrected chi connectivity index (χ3v) is 3.51. The maximum atomic E-state index is 11.1. The third kappa shape index (κ3) is 3.58. The second kappa shape index (κ2) is 6.85. The summed E-state index contributed by atoms with van der Waals surface area (Å²) in [4.78, 5) is 21.4. The molecule has 2 aromatic carbocycles. The van der Waals surface area contributed by atoms with Gasteiger partial charge in [0.1, 0.15) is 0 Å². The number of nitro benzene ring substituents is 1. The summed E-state index contributed by atoms with van der Waals surface area (Å²) in [6, 6.07) is 13.1. The Balaban J connectivity index is 2.36. The molecule has 0 heterocycles. The van der Waals surface area contributed by atoms with Crippen molar-refractivity contribution in [2.24, 2.45) is 0 Å². The van der Waals surface area contributed by atoms with E-state index in [-0.39, 0.29) is 5.69 Å². The summed E-state index contributed by atoms with van der Waals surface area (Å²) in [6.45, 7) is 0. The molecule has 1 atom stereocenters. The van der Waals surface area contributed by atoms with Gasteiger partial charge >= 0.3 is 0 Å². The molecule has 1 amide bonds. The van der Waals surface area contributed by atoms with E-state index < -0.39 is 11.0 Å². The highest BCUT2D eigenvalue weighted by molar-refractivity contribution is 6.31. The van der Waals surface area contributed by atoms with Crippen molar-refractivity contribution in [2.45, 2.75) is 12.5 Å². The van der Waals surface area contributed by atoms with E-state index in [1.54, 1.807) is 42.5 Å². The molecule has 0 radical (unpaired) electrons. The monoisotopic (exact) mass is 304 g/mol. The number of nitrogens with one attached hydrogen (secondary N) is 1. The van der Waals surface area contributed by atoms with Gasteiger partial charge in [-0.25, -0.2) is 0 Å². The normalized spacial score (nSPS) is 11.7. The number of amides is 1. The molecule has 1 N–H and O–H groups in total. The molecule has 108 valence electrons. The van der Waals surface area contributed by atoms with Crippen LogP contribution in [0.4, 0.5) is 5.69 Å². The Morgan fingerprint density at radius 3 is 2.52 bits per heavy atom. The lowest BCUT2D eigenvalue weighted by molar-refractivity contribution is -0.385. The summed E-state index contributed by atoms with van der Waals surface area (Å²) >= 11 is 6.13. The summed E-state index contributed by atoms with van der Waals surface area (Å²) in [5, 5.41) is 14.2. The summed E-state index contributed by atoms with van der Waals surface area (Å²) < 4.78 is 0. The summed E-state index contributed by atoms with van der Waals surface area (Å²) in [5.74, 6) is 0. The number of benzene rings is 2. The molecular weight excluding hydrogens is 292 g/mol. The average Bonchev–Trinajstić information content (AvgIpc) is 2.48. The lowest BCUT2D eigenvalue weighted by atomic mass is 9.98. The second-order valence-corrected chi connectivity index (χ2v) is 4.86. The molecule has 0 aliphatic rings. The quantitative estimate of drug-likeness (QED) is 0.505. The highest BCUT2D eigenvalue weighted by atomic mass is 35.5. The Morgan fingerprint density at radius 2 is 1.86 bits per heavy atom. The lowest BCUT2D eigenvalue weighted by Crippen LogP contribution is -2.22. The predicted molar refractivity (Wildman–Crippen MR) is 80.2 cm³/mol. The van der Waals surface area contributed by atoms with Crippen molar-refractivity contribution in [3.05, 3.63) is 74.8 Å². The fourth-order valence-electron chi connectivity index (χ4n) is 2.18. The maximum absolute atomic E-state index is 11.1. The molecule has 0 spiro atoms. The van der Waals surface area contributed by atoms with Gasteiger partial charge in [-0.3, -0.25) is 14.9 Å². The minimum atomic E-state index is -0.431. The maximum Gasteiger partial charge on any atom is 0.272 e. The van der Waals surface area contributed by atoms with Gasteiger partial charge in [0, 0.05) is 23.1 Å². The summed E-state index contributed by atoms with van der Waals surface area (Å²) in [7, 11) is 0. The zero-order valence-corrected chi connectivity index (χ0v) is 11.8. The van der Waals surface area contributed by atoms with Crippen LogP contribution in [0.3, 0.4) is 0 Å². The van der Waals surface area contributed by atoms with Gasteiger partial charge in [0.2, 0.25) is 6.41 Å². The SMILES string of the molecule is O=CN[C@@H](Cc1ccccc1[N+](=O)[O-])c1ccccc1Cl. The summed E-state index contributed by atoms with van der Waals surface area (Å²) in [5.41, 5.74) is 1.30. The Bertz CT molecular complexity index is 661. The van der Waals surface area contributed by atoms with E-state index in [0.29, 0.717) is 23.4 Å². The fraction of sp³-hybridized carbons (Fsp3) is 0.133. The predicted octanol–water partition coefficient (Wildman–Crippen LogP) is 3.28. The lowest BCUT2D eigenvalue weighted by Gasteiger charge is -2.18. The van der Waals surface area contributed by atoms with Crippen molar-refractivity contribution in [1.29, 1.82) is 0 Å². The van der Waals surface area contributed by atoms with Crippen LogP contribution in [0.2, 0.25) is 5.02 Å². The van der Waals surface area contributed by atoms with E-state index in [9.17, 15) is 14.9 Å². The van der Waals surface area contributed by atoms with Crippen molar-refractivity contribution in [2.75, 3.05) is 0 Å². The van der Waals surface area contributed by atoms with Gasteiger partial charge in [0.15, 0.2) is 0 Å². The van der Waals surface area contributed by atoms with Crippen molar-refractivity contribution >= 4 is 23.7 Å². The van der Waals surface area contributed by atoms with Crippen LogP contribution in [0, 0.1) is 10.1 Å². The molecule has 0 fully saturated rings. The number of carbonyl (C=O) groups is 1. The van der Waals surface area contributed by atoms with Crippen molar-refractivity contribution in [1.82, 2.24) is 5.32 Å². The molecule has 0 saturated carbocycles. The molecule has 5 nitrogen and oxygen atoms in total. The number of carbonyl (C=O) groups excluding carboxylic acids is 1. The van der Waals surface area contributed by atoms with Crippen molar-refractivity contribution < 1.29 is 9.72 Å². The molecule has 21 heavy (non-hydrogen) atoms. The molecule has 0 unspecified atom stereocenters. The first kappa shape index (κ1) is 15.0. The molecule has 0 bridgehead atoms. The van der Waals surface area contributed by atoms with E-state index in [1.807, 2.05) is 0 Å². The van der Waals surface area contributed by atoms with E-state index in [1.165, 1.54) is 6.07 Å². The molecule has 0 saturated heterocycles. The van der Waals surface area contributed by atoms with Crippen LogP contribution in [0.25, 0.3) is 0 Å². The fourth-order valence-corrected chi connectivity index (χ4v) is 2.45. The van der Waals surface area contributed by atoms with E-state index in [2.05, 4.69) is 5.32 Å². The minimum absolute atomic E-state index is 0.0299. The van der Waals surface area contributed by atoms with Gasteiger partial charge in [-0.1, -0.05) is 48.0 Å². The van der Waals surface area contributed by atoms with Gasteiger partial charge in [0.25, 0.3) is 5.69 Å². The molecule has 0 aliphatic carbocycles. The number of hydrogen-bond acceptors (Lipinski definition) is 3. The van der Waals surface area contributed by atoms with E-state index >= 15 is 0 Å². The first-order valence-corrected chi connectivity index (χ1v) is 6.67. The zero-order chi connectivity index (χ0) is 15.2. The largest absolute Gasteiger partial charge is 0.351 e. The number of nitrogens with zero attached hydrogens (tertiary/aromatic N) is 1. The number of para-hydroxylation sites is 1. The van der Waals surface area contributed by atoms with Gasteiger partial charge < -0.3 is 5.32 Å². The topological polar surface area (TPSA) is 72.2 Å². The van der Waals surface area contributed by atoms with Crippen LogP contribution < -0.4 is 5.32 Å². The Morgan fingerprint density at radius 1 is 1.19 bits per heavy atom.